The highest BCUT2D eigenvalue weighted by atomic mass is 79.9. The molecular weight excluding hydrogens is 564 g/mol. The number of halogens is 1. The van der Waals surface area contributed by atoms with Crippen LogP contribution in [0.4, 0.5) is 11.5 Å². The zero-order chi connectivity index (χ0) is 26.7. The van der Waals surface area contributed by atoms with Crippen LogP contribution in [-0.2, 0) is 9.59 Å². The van der Waals surface area contributed by atoms with Crippen LogP contribution >= 0.6 is 27.7 Å². The molecule has 0 saturated heterocycles. The summed E-state index contributed by atoms with van der Waals surface area (Å²) in [5.74, 6) is -0.400. The Morgan fingerprint density at radius 1 is 0.842 bits per heavy atom. The second kappa shape index (κ2) is 13.4. The number of rotatable bonds is 9. The van der Waals surface area contributed by atoms with Gasteiger partial charge in [0.2, 0.25) is 5.91 Å². The summed E-state index contributed by atoms with van der Waals surface area (Å²) in [6.07, 6.45) is 3.22. The highest BCUT2D eigenvalue weighted by Gasteiger charge is 2.15. The summed E-state index contributed by atoms with van der Waals surface area (Å²) in [7, 11) is 0. The third-order valence-electron chi connectivity index (χ3n) is 5.10. The molecule has 4 rings (SSSR count). The topological polar surface area (TPSA) is 100 Å². The van der Waals surface area contributed by atoms with E-state index in [0.29, 0.717) is 17.1 Å². The highest BCUT2D eigenvalue weighted by Crippen LogP contribution is 2.22. The van der Waals surface area contributed by atoms with Crippen molar-refractivity contribution in [2.24, 2.45) is 0 Å². The molecule has 0 bridgehead atoms. The van der Waals surface area contributed by atoms with E-state index in [2.05, 4.69) is 36.9 Å². The number of hydrogen-bond donors (Lipinski definition) is 3. The van der Waals surface area contributed by atoms with Crippen molar-refractivity contribution in [2.75, 3.05) is 16.4 Å². The molecule has 0 fully saturated rings. The Balaban J connectivity index is 1.45. The van der Waals surface area contributed by atoms with E-state index in [9.17, 15) is 14.4 Å². The number of amides is 3. The number of benzene rings is 3. The lowest BCUT2D eigenvalue weighted by atomic mass is 10.1. The first-order chi connectivity index (χ1) is 18.5. The molecule has 1 aromatic heterocycles. The van der Waals surface area contributed by atoms with Crippen LogP contribution in [0.15, 0.2) is 118 Å². The van der Waals surface area contributed by atoms with Crippen molar-refractivity contribution < 1.29 is 14.4 Å². The van der Waals surface area contributed by atoms with E-state index in [4.69, 9.17) is 0 Å². The first-order valence-corrected chi connectivity index (χ1v) is 13.3. The van der Waals surface area contributed by atoms with Gasteiger partial charge < -0.3 is 16.0 Å². The van der Waals surface area contributed by atoms with Gasteiger partial charge in [0, 0.05) is 26.8 Å². The molecule has 1 heterocycles. The number of nitrogens with zero attached hydrogens (tertiary/aromatic N) is 1. The van der Waals surface area contributed by atoms with Crippen molar-refractivity contribution in [1.82, 2.24) is 10.3 Å². The molecule has 38 heavy (non-hydrogen) atoms. The molecule has 0 atom stereocenters. The van der Waals surface area contributed by atoms with Crippen LogP contribution in [0.2, 0.25) is 0 Å². The molecule has 3 N–H and O–H groups in total. The van der Waals surface area contributed by atoms with Gasteiger partial charge >= 0.3 is 0 Å². The van der Waals surface area contributed by atoms with Crippen molar-refractivity contribution in [2.45, 2.75) is 4.90 Å². The molecule has 4 aromatic rings. The quantitative estimate of drug-likeness (QED) is 0.165. The molecule has 0 radical (unpaired) electrons. The summed E-state index contributed by atoms with van der Waals surface area (Å²) in [5, 5.41) is 8.31. The number of anilines is 2. The van der Waals surface area contributed by atoms with Gasteiger partial charge in [-0.2, -0.15) is 0 Å². The van der Waals surface area contributed by atoms with E-state index >= 15 is 0 Å². The number of carbonyl (C=O) groups is 3. The SMILES string of the molecule is O=C(CSc1cccc(NC(=O)/C(=C/c2ccc(Br)cc2)NC(=O)c2ccccc2)c1)Nc1ccccn1. The molecule has 0 aliphatic rings. The van der Waals surface area contributed by atoms with E-state index in [0.717, 1.165) is 14.9 Å². The largest absolute Gasteiger partial charge is 0.321 e. The minimum absolute atomic E-state index is 0.0916. The van der Waals surface area contributed by atoms with Gasteiger partial charge in [0.15, 0.2) is 0 Å². The molecular formula is C29H23BrN4O3S. The van der Waals surface area contributed by atoms with Crippen molar-refractivity contribution in [3.63, 3.8) is 0 Å². The lowest BCUT2D eigenvalue weighted by Gasteiger charge is -2.12. The van der Waals surface area contributed by atoms with Crippen LogP contribution in [-0.4, -0.2) is 28.5 Å². The Labute approximate surface area is 232 Å². The van der Waals surface area contributed by atoms with E-state index in [1.54, 1.807) is 72.9 Å². The number of carbonyl (C=O) groups excluding carboxylic acids is 3. The highest BCUT2D eigenvalue weighted by molar-refractivity contribution is 9.10. The third kappa shape index (κ3) is 8.16. The van der Waals surface area contributed by atoms with Gasteiger partial charge in [-0.1, -0.05) is 58.4 Å². The first kappa shape index (κ1) is 26.8. The predicted molar refractivity (Wildman–Crippen MR) is 155 cm³/mol. The fraction of sp³-hybridized carbons (Fsp3) is 0.0345. The zero-order valence-corrected chi connectivity index (χ0v) is 22.5. The maximum atomic E-state index is 13.3. The van der Waals surface area contributed by atoms with Gasteiger partial charge in [-0.25, -0.2) is 4.98 Å². The zero-order valence-electron chi connectivity index (χ0n) is 20.1. The average molecular weight is 587 g/mol. The van der Waals surface area contributed by atoms with E-state index in [-0.39, 0.29) is 17.4 Å². The molecule has 190 valence electrons. The Morgan fingerprint density at radius 3 is 2.34 bits per heavy atom. The number of thioether (sulfide) groups is 1. The van der Waals surface area contributed by atoms with E-state index in [1.165, 1.54) is 11.8 Å². The standard InChI is InChI=1S/C29H23BrN4O3S/c30-22-14-12-20(13-15-22)17-25(33-28(36)21-7-2-1-3-8-21)29(37)32-23-9-6-10-24(18-23)38-19-27(35)34-26-11-4-5-16-31-26/h1-18H,19H2,(H,32,37)(H,33,36)(H,31,34,35)/b25-17-. The summed E-state index contributed by atoms with van der Waals surface area (Å²) in [6.45, 7) is 0. The Hall–Kier alpha value is -4.21. The lowest BCUT2D eigenvalue weighted by Crippen LogP contribution is -2.30. The molecule has 3 aromatic carbocycles. The van der Waals surface area contributed by atoms with Crippen LogP contribution in [0.25, 0.3) is 6.08 Å². The fourth-order valence-corrected chi connectivity index (χ4v) is 4.31. The maximum Gasteiger partial charge on any atom is 0.272 e. The number of nitrogens with one attached hydrogen (secondary N) is 3. The fourth-order valence-electron chi connectivity index (χ4n) is 3.29. The Morgan fingerprint density at radius 2 is 1.61 bits per heavy atom. The van der Waals surface area contributed by atoms with Crippen LogP contribution < -0.4 is 16.0 Å². The van der Waals surface area contributed by atoms with Gasteiger partial charge in [0.25, 0.3) is 11.8 Å². The Kier molecular flexibility index (Phi) is 9.44. The summed E-state index contributed by atoms with van der Waals surface area (Å²) < 4.78 is 0.900. The molecule has 3 amide bonds. The second-order valence-electron chi connectivity index (χ2n) is 7.96. The average Bonchev–Trinajstić information content (AvgIpc) is 2.94. The van der Waals surface area contributed by atoms with Crippen molar-refractivity contribution in [3.8, 4) is 0 Å². The minimum atomic E-state index is -0.479. The van der Waals surface area contributed by atoms with Gasteiger partial charge in [-0.15, -0.1) is 11.8 Å². The second-order valence-corrected chi connectivity index (χ2v) is 9.93. The van der Waals surface area contributed by atoms with Crippen LogP contribution in [0.3, 0.4) is 0 Å². The maximum absolute atomic E-state index is 13.3. The summed E-state index contributed by atoms with van der Waals surface area (Å²) in [6, 6.07) is 28.5. The first-order valence-electron chi connectivity index (χ1n) is 11.5. The smallest absolute Gasteiger partial charge is 0.272 e. The Bertz CT molecular complexity index is 1450. The van der Waals surface area contributed by atoms with Crippen LogP contribution in [0, 0.1) is 0 Å². The van der Waals surface area contributed by atoms with Crippen molar-refractivity contribution in [1.29, 1.82) is 0 Å². The van der Waals surface area contributed by atoms with Crippen molar-refractivity contribution in [3.05, 3.63) is 125 Å². The summed E-state index contributed by atoms with van der Waals surface area (Å²) in [4.78, 5) is 43.2. The van der Waals surface area contributed by atoms with E-state index < -0.39 is 11.8 Å². The number of pyridine rings is 1. The molecule has 0 saturated carbocycles. The summed E-state index contributed by atoms with van der Waals surface area (Å²) >= 11 is 4.73. The number of hydrogen-bond acceptors (Lipinski definition) is 5. The molecule has 0 unspecified atom stereocenters. The normalized spacial score (nSPS) is 10.9. The van der Waals surface area contributed by atoms with Crippen LogP contribution in [0.5, 0.6) is 0 Å². The molecule has 0 spiro atoms. The van der Waals surface area contributed by atoms with E-state index in [1.807, 2.05) is 36.4 Å². The lowest BCUT2D eigenvalue weighted by molar-refractivity contribution is -0.114. The van der Waals surface area contributed by atoms with Gasteiger partial charge in [-0.3, -0.25) is 14.4 Å². The summed E-state index contributed by atoms with van der Waals surface area (Å²) in [5.41, 5.74) is 1.80. The third-order valence-corrected chi connectivity index (χ3v) is 6.63. The van der Waals surface area contributed by atoms with Crippen LogP contribution in [0.1, 0.15) is 15.9 Å². The minimum Gasteiger partial charge on any atom is -0.321 e. The molecule has 0 aliphatic carbocycles. The molecule has 0 aliphatic heterocycles. The van der Waals surface area contributed by atoms with Crippen molar-refractivity contribution >= 4 is 63.0 Å². The number of aromatic nitrogens is 1. The molecule has 7 nitrogen and oxygen atoms in total. The van der Waals surface area contributed by atoms with Gasteiger partial charge in [0.1, 0.15) is 11.5 Å². The van der Waals surface area contributed by atoms with Gasteiger partial charge in [0.05, 0.1) is 5.75 Å². The predicted octanol–water partition coefficient (Wildman–Crippen LogP) is 5.98. The van der Waals surface area contributed by atoms with Gasteiger partial charge in [-0.05, 0) is 66.2 Å². The monoisotopic (exact) mass is 586 g/mol. The molecule has 9 heteroatoms.